The Morgan fingerprint density at radius 2 is 1.52 bits per heavy atom. The Bertz CT molecular complexity index is 871. The number of thioether (sulfide) groups is 1. The molecule has 138 valence electrons. The summed E-state index contributed by atoms with van der Waals surface area (Å²) in [4.78, 5) is 16.1. The molecule has 1 atom stereocenters. The van der Waals surface area contributed by atoms with E-state index in [2.05, 4.69) is 60.4 Å². The van der Waals surface area contributed by atoms with Crippen molar-refractivity contribution in [2.75, 3.05) is 19.0 Å². The third-order valence-electron chi connectivity index (χ3n) is 4.55. The van der Waals surface area contributed by atoms with Gasteiger partial charge in [0.25, 0.3) is 0 Å². The molecule has 0 saturated carbocycles. The van der Waals surface area contributed by atoms with E-state index in [-0.39, 0.29) is 11.0 Å². The third-order valence-corrected chi connectivity index (χ3v) is 5.81. The van der Waals surface area contributed by atoms with Gasteiger partial charge in [-0.2, -0.15) is 0 Å². The molecule has 0 heterocycles. The van der Waals surface area contributed by atoms with Gasteiger partial charge in [0.2, 0.25) is 0 Å². The van der Waals surface area contributed by atoms with Crippen LogP contribution in [0, 0.1) is 6.92 Å². The fourth-order valence-electron chi connectivity index (χ4n) is 2.91. The minimum Gasteiger partial charge on any atom is -0.378 e. The largest absolute Gasteiger partial charge is 0.378 e. The zero-order valence-corrected chi connectivity index (χ0v) is 16.9. The van der Waals surface area contributed by atoms with Crippen molar-refractivity contribution in [1.29, 1.82) is 0 Å². The first kappa shape index (κ1) is 19.2. The van der Waals surface area contributed by atoms with Crippen molar-refractivity contribution in [3.8, 4) is 0 Å². The van der Waals surface area contributed by atoms with Gasteiger partial charge >= 0.3 is 0 Å². The maximum absolute atomic E-state index is 12.8. The molecule has 0 fully saturated rings. The van der Waals surface area contributed by atoms with Crippen molar-refractivity contribution in [1.82, 2.24) is 0 Å². The van der Waals surface area contributed by atoms with Crippen molar-refractivity contribution in [2.24, 2.45) is 0 Å². The second kappa shape index (κ2) is 8.92. The zero-order valence-electron chi connectivity index (χ0n) is 16.1. The van der Waals surface area contributed by atoms with E-state index in [4.69, 9.17) is 0 Å². The van der Waals surface area contributed by atoms with Crippen LogP contribution in [0.3, 0.4) is 0 Å². The van der Waals surface area contributed by atoms with E-state index in [0.717, 1.165) is 11.3 Å². The highest BCUT2D eigenvalue weighted by Crippen LogP contribution is 2.39. The predicted octanol–water partition coefficient (Wildman–Crippen LogP) is 6.17. The van der Waals surface area contributed by atoms with Crippen LogP contribution in [0.2, 0.25) is 0 Å². The van der Waals surface area contributed by atoms with Gasteiger partial charge in [0.1, 0.15) is 0 Å². The summed E-state index contributed by atoms with van der Waals surface area (Å²) in [5, 5.41) is 0.0802. The summed E-state index contributed by atoms with van der Waals surface area (Å²) in [6.45, 7) is 2.09. The van der Waals surface area contributed by atoms with Crippen LogP contribution in [0.5, 0.6) is 0 Å². The molecule has 27 heavy (non-hydrogen) atoms. The van der Waals surface area contributed by atoms with Crippen LogP contribution >= 0.6 is 11.8 Å². The summed E-state index contributed by atoms with van der Waals surface area (Å²) in [5.41, 5.74) is 4.35. The van der Waals surface area contributed by atoms with E-state index in [1.54, 1.807) is 11.8 Å². The standard InChI is InChI=1S/C24H25NOS/c1-18-9-15-22(16-10-18)27-24(17-23(26)19-7-5-4-6-8-19)20-11-13-21(14-12-20)25(2)3/h4-16,24H,17H2,1-3H3. The molecule has 0 bridgehead atoms. The van der Waals surface area contributed by atoms with Crippen LogP contribution in [0.15, 0.2) is 83.8 Å². The maximum Gasteiger partial charge on any atom is 0.164 e. The molecular formula is C24H25NOS. The average Bonchev–Trinajstić information content (AvgIpc) is 2.70. The number of carbonyl (C=O) groups is 1. The molecule has 3 aromatic rings. The number of aryl methyl sites for hydroxylation is 1. The lowest BCUT2D eigenvalue weighted by Crippen LogP contribution is -2.09. The monoisotopic (exact) mass is 375 g/mol. The predicted molar refractivity (Wildman–Crippen MR) is 116 cm³/mol. The number of anilines is 1. The summed E-state index contributed by atoms with van der Waals surface area (Å²) < 4.78 is 0. The number of Topliss-reactive ketones (excluding diaryl/α,β-unsaturated/α-hetero) is 1. The number of carbonyl (C=O) groups excluding carboxylic acids is 1. The molecule has 3 heteroatoms. The highest BCUT2D eigenvalue weighted by molar-refractivity contribution is 7.99. The smallest absolute Gasteiger partial charge is 0.164 e. The van der Waals surface area contributed by atoms with Gasteiger partial charge in [-0.25, -0.2) is 0 Å². The first-order chi connectivity index (χ1) is 13.0. The molecule has 1 unspecified atom stereocenters. The van der Waals surface area contributed by atoms with Gasteiger partial charge in [-0.15, -0.1) is 11.8 Å². The van der Waals surface area contributed by atoms with Gasteiger partial charge in [0.15, 0.2) is 5.78 Å². The van der Waals surface area contributed by atoms with Crippen LogP contribution in [0.1, 0.15) is 33.2 Å². The normalized spacial score (nSPS) is 11.8. The van der Waals surface area contributed by atoms with Gasteiger partial charge in [0.05, 0.1) is 0 Å². The molecule has 3 aromatic carbocycles. The van der Waals surface area contributed by atoms with Crippen molar-refractivity contribution in [3.63, 3.8) is 0 Å². The van der Waals surface area contributed by atoms with Gasteiger partial charge in [-0.3, -0.25) is 4.79 Å². The third kappa shape index (κ3) is 5.24. The summed E-state index contributed by atoms with van der Waals surface area (Å²) in [6.07, 6.45) is 0.476. The van der Waals surface area contributed by atoms with Crippen molar-refractivity contribution >= 4 is 23.2 Å². The van der Waals surface area contributed by atoms with Crippen molar-refractivity contribution < 1.29 is 4.79 Å². The Hall–Kier alpha value is -2.52. The Kier molecular flexibility index (Phi) is 6.36. The van der Waals surface area contributed by atoms with Crippen molar-refractivity contribution in [2.45, 2.75) is 23.5 Å². The van der Waals surface area contributed by atoms with Gasteiger partial charge in [-0.05, 0) is 36.8 Å². The first-order valence-electron chi connectivity index (χ1n) is 9.12. The molecule has 3 rings (SSSR count). The SMILES string of the molecule is Cc1ccc(SC(CC(=O)c2ccccc2)c2ccc(N(C)C)cc2)cc1. The van der Waals surface area contributed by atoms with Crippen LogP contribution in [0.4, 0.5) is 5.69 Å². The Morgan fingerprint density at radius 3 is 2.11 bits per heavy atom. The lowest BCUT2D eigenvalue weighted by Gasteiger charge is -2.19. The number of ketones is 1. The average molecular weight is 376 g/mol. The highest BCUT2D eigenvalue weighted by Gasteiger charge is 2.19. The van der Waals surface area contributed by atoms with Gasteiger partial charge in [0, 0.05) is 41.9 Å². The number of hydrogen-bond acceptors (Lipinski definition) is 3. The second-order valence-electron chi connectivity index (χ2n) is 6.90. The molecule has 0 aliphatic rings. The minimum atomic E-state index is 0.0802. The van der Waals surface area contributed by atoms with Crippen LogP contribution in [0.25, 0.3) is 0 Å². The molecule has 0 aliphatic carbocycles. The summed E-state index contributed by atoms with van der Waals surface area (Å²) in [6, 6.07) is 26.6. The molecule has 0 N–H and O–H groups in total. The Morgan fingerprint density at radius 1 is 0.889 bits per heavy atom. The molecule has 0 spiro atoms. The number of nitrogens with zero attached hydrogens (tertiary/aromatic N) is 1. The summed E-state index contributed by atoms with van der Waals surface area (Å²) in [7, 11) is 4.07. The van der Waals surface area contributed by atoms with E-state index < -0.39 is 0 Å². The molecule has 0 aromatic heterocycles. The maximum atomic E-state index is 12.8. The van der Waals surface area contributed by atoms with Crippen molar-refractivity contribution in [3.05, 3.63) is 95.6 Å². The van der Waals surface area contributed by atoms with E-state index in [1.165, 1.54) is 16.0 Å². The molecule has 0 saturated heterocycles. The number of benzene rings is 3. The quantitative estimate of drug-likeness (QED) is 0.364. The molecular weight excluding hydrogens is 350 g/mol. The van der Waals surface area contributed by atoms with E-state index in [9.17, 15) is 4.79 Å². The van der Waals surface area contributed by atoms with E-state index in [1.807, 2.05) is 44.4 Å². The molecule has 0 aliphatic heterocycles. The number of rotatable bonds is 7. The Labute approximate surface area is 166 Å². The summed E-state index contributed by atoms with van der Waals surface area (Å²) in [5.74, 6) is 0.178. The van der Waals surface area contributed by atoms with Crippen LogP contribution in [-0.2, 0) is 0 Å². The lowest BCUT2D eigenvalue weighted by atomic mass is 10.0. The summed E-state index contributed by atoms with van der Waals surface area (Å²) >= 11 is 1.75. The zero-order chi connectivity index (χ0) is 19.2. The minimum absolute atomic E-state index is 0.0802. The molecule has 2 nitrogen and oxygen atoms in total. The molecule has 0 radical (unpaired) electrons. The molecule has 0 amide bonds. The van der Waals surface area contributed by atoms with Crippen LogP contribution < -0.4 is 4.90 Å². The number of hydrogen-bond donors (Lipinski definition) is 0. The van der Waals surface area contributed by atoms with E-state index in [0.29, 0.717) is 6.42 Å². The van der Waals surface area contributed by atoms with Gasteiger partial charge in [-0.1, -0.05) is 60.2 Å². The lowest BCUT2D eigenvalue weighted by molar-refractivity contribution is 0.0982. The fourth-order valence-corrected chi connectivity index (χ4v) is 4.06. The van der Waals surface area contributed by atoms with Crippen LogP contribution in [-0.4, -0.2) is 19.9 Å². The topological polar surface area (TPSA) is 20.3 Å². The highest BCUT2D eigenvalue weighted by atomic mass is 32.2. The fraction of sp³-hybridized carbons (Fsp3) is 0.208. The van der Waals surface area contributed by atoms with Gasteiger partial charge < -0.3 is 4.90 Å². The Balaban J connectivity index is 1.85. The second-order valence-corrected chi connectivity index (χ2v) is 8.17. The first-order valence-corrected chi connectivity index (χ1v) is 10.00. The van der Waals surface area contributed by atoms with E-state index >= 15 is 0 Å².